The summed E-state index contributed by atoms with van der Waals surface area (Å²) in [5.74, 6) is 1.14. The van der Waals surface area contributed by atoms with Crippen molar-refractivity contribution in [2.24, 2.45) is 5.92 Å². The molecule has 0 radical (unpaired) electrons. The Kier molecular flexibility index (Phi) is 5.60. The number of carbonyl (C=O) groups excluding carboxylic acids is 1. The third kappa shape index (κ3) is 4.33. The van der Waals surface area contributed by atoms with Gasteiger partial charge in [-0.25, -0.2) is 4.98 Å². The molecular weight excluding hydrogens is 316 g/mol. The molecule has 3 heterocycles. The third-order valence-electron chi connectivity index (χ3n) is 4.61. The van der Waals surface area contributed by atoms with E-state index in [1.165, 1.54) is 5.56 Å². The molecule has 2 aromatic heterocycles. The van der Waals surface area contributed by atoms with Crippen LogP contribution < -0.4 is 5.32 Å². The smallest absolute Gasteiger partial charge is 0.255 e. The minimum absolute atomic E-state index is 0.0127. The summed E-state index contributed by atoms with van der Waals surface area (Å²) in [5, 5.41) is 3.44. The standard InChI is InChI=1S/C19H24N4O2/c1-3-23(2)19(24)15-4-5-18(21-11-15)22-17-13-25-12-16(17)10-14-6-8-20-9-7-14/h4-9,11,16-17H,3,10,12-13H2,1-2H3,(H,21,22)/t16-,17+/m1/s1. The van der Waals surface area contributed by atoms with Gasteiger partial charge >= 0.3 is 0 Å². The zero-order valence-electron chi connectivity index (χ0n) is 14.7. The average molecular weight is 340 g/mol. The first-order valence-electron chi connectivity index (χ1n) is 8.62. The molecule has 6 nitrogen and oxygen atoms in total. The van der Waals surface area contributed by atoms with E-state index in [1.807, 2.05) is 43.6 Å². The summed E-state index contributed by atoms with van der Waals surface area (Å²) in [5.41, 5.74) is 1.86. The lowest BCUT2D eigenvalue weighted by molar-refractivity contribution is 0.0802. The molecule has 1 aliphatic rings. The van der Waals surface area contributed by atoms with Crippen molar-refractivity contribution in [3.05, 3.63) is 54.0 Å². The van der Waals surface area contributed by atoms with Crippen LogP contribution in [-0.2, 0) is 11.2 Å². The van der Waals surface area contributed by atoms with Gasteiger partial charge in [-0.2, -0.15) is 0 Å². The maximum absolute atomic E-state index is 12.1. The van der Waals surface area contributed by atoms with Crippen LogP contribution in [0.2, 0.25) is 0 Å². The second kappa shape index (κ2) is 8.07. The van der Waals surface area contributed by atoms with Crippen molar-refractivity contribution in [2.75, 3.05) is 32.1 Å². The summed E-state index contributed by atoms with van der Waals surface area (Å²) >= 11 is 0. The van der Waals surface area contributed by atoms with Crippen molar-refractivity contribution in [1.82, 2.24) is 14.9 Å². The highest BCUT2D eigenvalue weighted by Crippen LogP contribution is 2.22. The first-order chi connectivity index (χ1) is 12.2. The van der Waals surface area contributed by atoms with Gasteiger partial charge in [0.2, 0.25) is 0 Å². The molecule has 0 spiro atoms. The molecule has 132 valence electrons. The van der Waals surface area contributed by atoms with Gasteiger partial charge < -0.3 is 15.0 Å². The quantitative estimate of drug-likeness (QED) is 0.873. The first kappa shape index (κ1) is 17.4. The Morgan fingerprint density at radius 3 is 2.76 bits per heavy atom. The number of pyridine rings is 2. The van der Waals surface area contributed by atoms with E-state index in [9.17, 15) is 4.79 Å². The Hall–Kier alpha value is -2.47. The monoisotopic (exact) mass is 340 g/mol. The predicted molar refractivity (Wildman–Crippen MR) is 96.5 cm³/mol. The van der Waals surface area contributed by atoms with Gasteiger partial charge in [0.15, 0.2) is 0 Å². The largest absolute Gasteiger partial charge is 0.379 e. The van der Waals surface area contributed by atoms with Crippen LogP contribution >= 0.6 is 0 Å². The van der Waals surface area contributed by atoms with Crippen LogP contribution in [0.3, 0.4) is 0 Å². The summed E-state index contributed by atoms with van der Waals surface area (Å²) in [6.45, 7) is 4.02. The molecule has 3 rings (SSSR count). The Morgan fingerprint density at radius 2 is 2.08 bits per heavy atom. The molecule has 2 atom stereocenters. The number of nitrogens with zero attached hydrogens (tertiary/aromatic N) is 3. The lowest BCUT2D eigenvalue weighted by Gasteiger charge is -2.20. The molecule has 1 aliphatic heterocycles. The second-order valence-corrected chi connectivity index (χ2v) is 6.36. The number of carbonyl (C=O) groups is 1. The average Bonchev–Trinajstić information content (AvgIpc) is 3.08. The normalized spacial score (nSPS) is 19.6. The van der Waals surface area contributed by atoms with Crippen LogP contribution in [-0.4, -0.2) is 53.6 Å². The zero-order valence-corrected chi connectivity index (χ0v) is 14.7. The van der Waals surface area contributed by atoms with Crippen molar-refractivity contribution in [3.63, 3.8) is 0 Å². The van der Waals surface area contributed by atoms with Crippen LogP contribution in [0.1, 0.15) is 22.8 Å². The van der Waals surface area contributed by atoms with Gasteiger partial charge in [-0.15, -0.1) is 0 Å². The van der Waals surface area contributed by atoms with Crippen LogP contribution in [0, 0.1) is 5.92 Å². The Bertz CT molecular complexity index is 690. The van der Waals surface area contributed by atoms with Gasteiger partial charge in [0.25, 0.3) is 5.91 Å². The Labute approximate surface area is 148 Å². The van der Waals surface area contributed by atoms with E-state index in [4.69, 9.17) is 4.74 Å². The van der Waals surface area contributed by atoms with Gasteiger partial charge in [0, 0.05) is 38.1 Å². The first-order valence-corrected chi connectivity index (χ1v) is 8.62. The van der Waals surface area contributed by atoms with E-state index in [-0.39, 0.29) is 11.9 Å². The molecule has 0 saturated carbocycles. The molecule has 1 N–H and O–H groups in total. The van der Waals surface area contributed by atoms with Crippen LogP contribution in [0.25, 0.3) is 0 Å². The molecule has 0 unspecified atom stereocenters. The maximum Gasteiger partial charge on any atom is 0.255 e. The number of aromatic nitrogens is 2. The van der Waals surface area contributed by atoms with Gasteiger partial charge in [-0.05, 0) is 43.2 Å². The van der Waals surface area contributed by atoms with E-state index in [2.05, 4.69) is 15.3 Å². The maximum atomic E-state index is 12.1. The van der Waals surface area contributed by atoms with Crippen LogP contribution in [0.5, 0.6) is 0 Å². The number of amides is 1. The topological polar surface area (TPSA) is 67.4 Å². The number of nitrogens with one attached hydrogen (secondary N) is 1. The molecule has 0 aliphatic carbocycles. The van der Waals surface area contributed by atoms with Gasteiger partial charge in [0.05, 0.1) is 24.8 Å². The SMILES string of the molecule is CCN(C)C(=O)c1ccc(N[C@H]2COC[C@H]2Cc2ccncc2)nc1. The third-order valence-corrected chi connectivity index (χ3v) is 4.61. The lowest BCUT2D eigenvalue weighted by Crippen LogP contribution is -2.30. The molecule has 1 saturated heterocycles. The van der Waals surface area contributed by atoms with Crippen molar-refractivity contribution in [2.45, 2.75) is 19.4 Å². The molecular formula is C19H24N4O2. The summed E-state index contributed by atoms with van der Waals surface area (Å²) in [7, 11) is 1.79. The zero-order chi connectivity index (χ0) is 17.6. The Balaban J connectivity index is 1.62. The minimum atomic E-state index is -0.0127. The summed E-state index contributed by atoms with van der Waals surface area (Å²) in [4.78, 5) is 22.3. The van der Waals surface area contributed by atoms with Crippen LogP contribution in [0.15, 0.2) is 42.9 Å². The number of anilines is 1. The fraction of sp³-hybridized carbons (Fsp3) is 0.421. The fourth-order valence-corrected chi connectivity index (χ4v) is 2.94. The second-order valence-electron chi connectivity index (χ2n) is 6.36. The highest BCUT2D eigenvalue weighted by atomic mass is 16.5. The van der Waals surface area contributed by atoms with Crippen molar-refractivity contribution in [1.29, 1.82) is 0 Å². The Morgan fingerprint density at radius 1 is 1.28 bits per heavy atom. The van der Waals surface area contributed by atoms with Crippen molar-refractivity contribution in [3.8, 4) is 0 Å². The van der Waals surface area contributed by atoms with E-state index >= 15 is 0 Å². The highest BCUT2D eigenvalue weighted by Gasteiger charge is 2.28. The molecule has 25 heavy (non-hydrogen) atoms. The highest BCUT2D eigenvalue weighted by molar-refractivity contribution is 5.93. The van der Waals surface area contributed by atoms with E-state index in [0.29, 0.717) is 24.6 Å². The summed E-state index contributed by atoms with van der Waals surface area (Å²) in [6, 6.07) is 7.97. The molecule has 0 aromatic carbocycles. The predicted octanol–water partition coefficient (Wildman–Crippen LogP) is 2.24. The molecule has 1 amide bonds. The molecule has 6 heteroatoms. The summed E-state index contributed by atoms with van der Waals surface area (Å²) < 4.78 is 5.66. The lowest BCUT2D eigenvalue weighted by atomic mass is 9.95. The van der Waals surface area contributed by atoms with Gasteiger partial charge in [0.1, 0.15) is 5.82 Å². The number of hydrogen-bond donors (Lipinski definition) is 1. The van der Waals surface area contributed by atoms with E-state index in [1.54, 1.807) is 18.1 Å². The number of rotatable bonds is 6. The molecule has 1 fully saturated rings. The molecule has 2 aromatic rings. The van der Waals surface area contributed by atoms with Crippen molar-refractivity contribution < 1.29 is 9.53 Å². The number of ether oxygens (including phenoxy) is 1. The van der Waals surface area contributed by atoms with E-state index < -0.39 is 0 Å². The fourth-order valence-electron chi connectivity index (χ4n) is 2.94. The van der Waals surface area contributed by atoms with Gasteiger partial charge in [-0.3, -0.25) is 9.78 Å². The molecule has 0 bridgehead atoms. The van der Waals surface area contributed by atoms with Crippen molar-refractivity contribution >= 4 is 11.7 Å². The summed E-state index contributed by atoms with van der Waals surface area (Å²) in [6.07, 6.45) is 6.21. The van der Waals surface area contributed by atoms with E-state index in [0.717, 1.165) is 18.8 Å². The number of hydrogen-bond acceptors (Lipinski definition) is 5. The minimum Gasteiger partial charge on any atom is -0.379 e. The van der Waals surface area contributed by atoms with Crippen LogP contribution in [0.4, 0.5) is 5.82 Å². The van der Waals surface area contributed by atoms with Gasteiger partial charge in [-0.1, -0.05) is 0 Å².